The number of hydrogen-bond donors (Lipinski definition) is 2. The number of nitrogens with one attached hydrogen (secondary N) is 2. The predicted octanol–water partition coefficient (Wildman–Crippen LogP) is 2.74. The molecular formula is C23H33N5. The summed E-state index contributed by atoms with van der Waals surface area (Å²) in [5, 5.41) is 6.79. The number of aromatic nitrogens is 1. The number of rotatable bonds is 9. The van der Waals surface area contributed by atoms with Crippen LogP contribution in [0, 0.1) is 5.92 Å². The smallest absolute Gasteiger partial charge is 0.191 e. The van der Waals surface area contributed by atoms with Gasteiger partial charge >= 0.3 is 0 Å². The lowest BCUT2D eigenvalue weighted by Crippen LogP contribution is -2.38. The molecule has 5 nitrogen and oxygen atoms in total. The first kappa shape index (κ1) is 20.3. The van der Waals surface area contributed by atoms with Crippen LogP contribution in [0.5, 0.6) is 0 Å². The number of guanidine groups is 1. The molecule has 5 heteroatoms. The highest BCUT2D eigenvalue weighted by Gasteiger charge is 2.21. The van der Waals surface area contributed by atoms with Crippen molar-refractivity contribution in [3.05, 3.63) is 66.0 Å². The molecular weight excluding hydrogens is 346 g/mol. The van der Waals surface area contributed by atoms with Gasteiger partial charge in [-0.3, -0.25) is 9.98 Å². The highest BCUT2D eigenvalue weighted by atomic mass is 15.2. The fraction of sp³-hybridized carbons (Fsp3) is 0.478. The molecule has 1 unspecified atom stereocenters. The Kier molecular flexibility index (Phi) is 8.31. The molecule has 3 rings (SSSR count). The molecule has 1 aromatic carbocycles. The van der Waals surface area contributed by atoms with Crippen molar-refractivity contribution in [2.24, 2.45) is 10.9 Å². The SMILES string of the molecule is CCNC(=NCC1CCN(CCc2ccccc2)C1)NCCc1ccccn1. The average molecular weight is 380 g/mol. The summed E-state index contributed by atoms with van der Waals surface area (Å²) in [5.74, 6) is 1.57. The highest BCUT2D eigenvalue weighted by molar-refractivity contribution is 5.79. The van der Waals surface area contributed by atoms with Gasteiger partial charge in [-0.25, -0.2) is 0 Å². The van der Waals surface area contributed by atoms with E-state index in [0.717, 1.165) is 57.2 Å². The van der Waals surface area contributed by atoms with Gasteiger partial charge in [-0.15, -0.1) is 0 Å². The molecule has 1 aliphatic heterocycles. The van der Waals surface area contributed by atoms with Crippen LogP contribution in [0.4, 0.5) is 0 Å². The van der Waals surface area contributed by atoms with Gasteiger partial charge in [0.05, 0.1) is 0 Å². The predicted molar refractivity (Wildman–Crippen MR) is 117 cm³/mol. The van der Waals surface area contributed by atoms with E-state index in [1.807, 2.05) is 18.3 Å². The normalized spacial score (nSPS) is 17.6. The van der Waals surface area contributed by atoms with Gasteiger partial charge in [0, 0.05) is 51.0 Å². The molecule has 28 heavy (non-hydrogen) atoms. The lowest BCUT2D eigenvalue weighted by atomic mass is 10.1. The first-order valence-electron chi connectivity index (χ1n) is 10.5. The van der Waals surface area contributed by atoms with Crippen LogP contribution >= 0.6 is 0 Å². The third-order valence-electron chi connectivity index (χ3n) is 5.18. The van der Waals surface area contributed by atoms with Crippen molar-refractivity contribution in [3.63, 3.8) is 0 Å². The Morgan fingerprint density at radius 2 is 1.96 bits per heavy atom. The van der Waals surface area contributed by atoms with Crippen LogP contribution in [0.2, 0.25) is 0 Å². The van der Waals surface area contributed by atoms with Crippen LogP contribution in [0.25, 0.3) is 0 Å². The Morgan fingerprint density at radius 3 is 2.75 bits per heavy atom. The molecule has 2 heterocycles. The number of benzene rings is 1. The number of aliphatic imine (C=N–C) groups is 1. The minimum atomic E-state index is 0.655. The van der Waals surface area contributed by atoms with E-state index in [2.05, 4.69) is 63.8 Å². The zero-order valence-electron chi connectivity index (χ0n) is 17.0. The summed E-state index contributed by atoms with van der Waals surface area (Å²) in [4.78, 5) is 11.8. The number of nitrogens with zero attached hydrogens (tertiary/aromatic N) is 3. The van der Waals surface area contributed by atoms with Gasteiger partial charge in [0.1, 0.15) is 0 Å². The minimum Gasteiger partial charge on any atom is -0.357 e. The van der Waals surface area contributed by atoms with Crippen molar-refractivity contribution >= 4 is 5.96 Å². The van der Waals surface area contributed by atoms with Crippen molar-refractivity contribution in [1.82, 2.24) is 20.5 Å². The molecule has 0 bridgehead atoms. The molecule has 150 valence electrons. The van der Waals surface area contributed by atoms with Crippen LogP contribution in [0.3, 0.4) is 0 Å². The van der Waals surface area contributed by atoms with Crippen LogP contribution < -0.4 is 10.6 Å². The maximum atomic E-state index is 4.83. The maximum Gasteiger partial charge on any atom is 0.191 e. The highest BCUT2D eigenvalue weighted by Crippen LogP contribution is 2.17. The molecule has 0 saturated carbocycles. The van der Waals surface area contributed by atoms with E-state index >= 15 is 0 Å². The second-order valence-electron chi connectivity index (χ2n) is 7.41. The van der Waals surface area contributed by atoms with Crippen LogP contribution in [0.15, 0.2) is 59.7 Å². The summed E-state index contributed by atoms with van der Waals surface area (Å²) in [6.45, 7) is 8.21. The first-order chi connectivity index (χ1) is 13.8. The standard InChI is InChI=1S/C23H33N5/c1-2-24-23(26-15-11-22-10-6-7-14-25-22)27-18-21-13-17-28(19-21)16-12-20-8-4-3-5-9-20/h3-10,14,21H,2,11-13,15-19H2,1H3,(H2,24,26,27). The molecule has 2 N–H and O–H groups in total. The molecule has 0 spiro atoms. The number of likely N-dealkylation sites (tertiary alicyclic amines) is 1. The van der Waals surface area contributed by atoms with Crippen molar-refractivity contribution < 1.29 is 0 Å². The Bertz CT molecular complexity index is 701. The second kappa shape index (κ2) is 11.4. The Morgan fingerprint density at radius 1 is 1.11 bits per heavy atom. The largest absolute Gasteiger partial charge is 0.357 e. The summed E-state index contributed by atoms with van der Waals surface area (Å²) in [7, 11) is 0. The van der Waals surface area contributed by atoms with Gasteiger partial charge in [0.15, 0.2) is 5.96 Å². The summed E-state index contributed by atoms with van der Waals surface area (Å²) >= 11 is 0. The van der Waals surface area contributed by atoms with Gasteiger partial charge in [0.2, 0.25) is 0 Å². The Hall–Kier alpha value is -2.40. The zero-order valence-corrected chi connectivity index (χ0v) is 17.0. The first-order valence-corrected chi connectivity index (χ1v) is 10.5. The van der Waals surface area contributed by atoms with E-state index in [9.17, 15) is 0 Å². The fourth-order valence-corrected chi connectivity index (χ4v) is 3.61. The van der Waals surface area contributed by atoms with E-state index in [-0.39, 0.29) is 0 Å². The average Bonchev–Trinajstić information content (AvgIpc) is 3.20. The van der Waals surface area contributed by atoms with Crippen LogP contribution in [-0.4, -0.2) is 55.1 Å². The van der Waals surface area contributed by atoms with Gasteiger partial charge in [-0.2, -0.15) is 0 Å². The van der Waals surface area contributed by atoms with Gasteiger partial charge in [-0.1, -0.05) is 36.4 Å². The summed E-state index contributed by atoms with van der Waals surface area (Å²) in [6.07, 6.45) is 5.13. The molecule has 0 radical (unpaired) electrons. The molecule has 1 saturated heterocycles. The van der Waals surface area contributed by atoms with E-state index in [1.165, 1.54) is 18.5 Å². The Labute approximate surface area is 169 Å². The number of hydrogen-bond acceptors (Lipinski definition) is 3. The lowest BCUT2D eigenvalue weighted by molar-refractivity contribution is 0.329. The third-order valence-corrected chi connectivity index (χ3v) is 5.18. The van der Waals surface area contributed by atoms with E-state index < -0.39 is 0 Å². The van der Waals surface area contributed by atoms with Gasteiger partial charge in [-0.05, 0) is 49.9 Å². The van der Waals surface area contributed by atoms with Crippen molar-refractivity contribution in [2.45, 2.75) is 26.2 Å². The third kappa shape index (κ3) is 6.97. The number of pyridine rings is 1. The molecule has 1 aromatic heterocycles. The van der Waals surface area contributed by atoms with E-state index in [1.54, 1.807) is 0 Å². The van der Waals surface area contributed by atoms with Crippen LogP contribution in [0.1, 0.15) is 24.6 Å². The topological polar surface area (TPSA) is 52.6 Å². The van der Waals surface area contributed by atoms with Gasteiger partial charge < -0.3 is 15.5 Å². The van der Waals surface area contributed by atoms with E-state index in [4.69, 9.17) is 4.99 Å². The van der Waals surface area contributed by atoms with Crippen molar-refractivity contribution in [3.8, 4) is 0 Å². The monoisotopic (exact) mass is 379 g/mol. The molecule has 0 aliphatic carbocycles. The second-order valence-corrected chi connectivity index (χ2v) is 7.41. The Balaban J connectivity index is 1.39. The molecule has 1 fully saturated rings. The molecule has 2 aromatic rings. The quantitative estimate of drug-likeness (QED) is 0.520. The summed E-state index contributed by atoms with van der Waals surface area (Å²) < 4.78 is 0. The minimum absolute atomic E-state index is 0.655. The molecule has 1 aliphatic rings. The maximum absolute atomic E-state index is 4.83. The van der Waals surface area contributed by atoms with E-state index in [0.29, 0.717) is 5.92 Å². The summed E-state index contributed by atoms with van der Waals surface area (Å²) in [6, 6.07) is 16.8. The van der Waals surface area contributed by atoms with Gasteiger partial charge in [0.25, 0.3) is 0 Å². The lowest BCUT2D eigenvalue weighted by Gasteiger charge is -2.16. The van der Waals surface area contributed by atoms with Crippen molar-refractivity contribution in [2.75, 3.05) is 39.3 Å². The summed E-state index contributed by atoms with van der Waals surface area (Å²) in [5.41, 5.74) is 2.53. The molecule has 0 amide bonds. The van der Waals surface area contributed by atoms with Crippen molar-refractivity contribution in [1.29, 1.82) is 0 Å². The molecule has 1 atom stereocenters. The zero-order chi connectivity index (χ0) is 19.4. The van der Waals surface area contributed by atoms with Crippen LogP contribution in [-0.2, 0) is 12.8 Å². The fourth-order valence-electron chi connectivity index (χ4n) is 3.61.